The number of hydrogen-bond acceptors (Lipinski definition) is 4. The molecule has 186 valence electrons. The van der Waals surface area contributed by atoms with E-state index in [-0.39, 0.29) is 11.9 Å². The molecule has 1 fully saturated rings. The molecule has 1 aliphatic rings. The summed E-state index contributed by atoms with van der Waals surface area (Å²) in [5.74, 6) is 0.429. The average Bonchev–Trinajstić information content (AvgIpc) is 3.37. The summed E-state index contributed by atoms with van der Waals surface area (Å²) in [6.45, 7) is 8.54. The normalized spacial score (nSPS) is 14.9. The first kappa shape index (κ1) is 25.1. The predicted octanol–water partition coefficient (Wildman–Crippen LogP) is 7.24. The molecule has 2 heterocycles. The van der Waals surface area contributed by atoms with Gasteiger partial charge in [-0.25, -0.2) is 0 Å². The second-order valence-corrected chi connectivity index (χ2v) is 9.84. The van der Waals surface area contributed by atoms with Gasteiger partial charge in [0.1, 0.15) is 0 Å². The Balaban J connectivity index is 1.64. The molecule has 35 heavy (non-hydrogen) atoms. The van der Waals surface area contributed by atoms with Crippen molar-refractivity contribution < 1.29 is 13.9 Å². The van der Waals surface area contributed by atoms with Gasteiger partial charge in [-0.1, -0.05) is 39.2 Å². The van der Waals surface area contributed by atoms with Crippen LogP contribution in [0.2, 0.25) is 0 Å². The molecule has 0 bridgehead atoms. The topological polar surface area (TPSA) is 55.3 Å². The molecule has 3 aromatic rings. The van der Waals surface area contributed by atoms with Crippen LogP contribution in [0.4, 0.5) is 10.1 Å². The fraction of sp³-hybridized carbons (Fsp3) is 0.483. The third-order valence-corrected chi connectivity index (χ3v) is 7.21. The van der Waals surface area contributed by atoms with E-state index in [1.807, 2.05) is 36.2 Å². The number of aromatic nitrogens is 2. The first-order valence-electron chi connectivity index (χ1n) is 12.9. The number of carbonyl (C=O) groups is 1. The van der Waals surface area contributed by atoms with Gasteiger partial charge in [0.25, 0.3) is 0 Å². The molecule has 6 heteroatoms. The summed E-state index contributed by atoms with van der Waals surface area (Å²) in [7, 11) is 0. The highest BCUT2D eigenvalue weighted by atomic mass is 19.1. The number of halogens is 1. The van der Waals surface area contributed by atoms with E-state index >= 15 is 4.39 Å². The van der Waals surface area contributed by atoms with E-state index in [4.69, 9.17) is 4.74 Å². The summed E-state index contributed by atoms with van der Waals surface area (Å²) in [5.41, 5.74) is 3.71. The molecule has 0 aliphatic heterocycles. The Labute approximate surface area is 207 Å². The molecule has 0 N–H and O–H groups in total. The summed E-state index contributed by atoms with van der Waals surface area (Å²) in [6.07, 6.45) is 9.23. The van der Waals surface area contributed by atoms with Crippen molar-refractivity contribution >= 4 is 22.5 Å². The highest BCUT2D eigenvalue weighted by Gasteiger charge is 2.28. The van der Waals surface area contributed by atoms with Crippen LogP contribution >= 0.6 is 0 Å². The van der Waals surface area contributed by atoms with Crippen LogP contribution in [0.25, 0.3) is 22.0 Å². The fourth-order valence-electron chi connectivity index (χ4n) is 5.05. The number of rotatable bonds is 9. The van der Waals surface area contributed by atoms with Gasteiger partial charge in [0, 0.05) is 36.2 Å². The fourth-order valence-corrected chi connectivity index (χ4v) is 5.05. The number of anilines is 1. The number of fused-ring (bicyclic) bond motifs is 1. The summed E-state index contributed by atoms with van der Waals surface area (Å²) < 4.78 is 20.8. The molecule has 1 atom stereocenters. The lowest BCUT2D eigenvalue weighted by molar-refractivity contribution is -0.117. The minimum absolute atomic E-state index is 0.0283. The number of nitrogens with zero attached hydrogens (tertiary/aromatic N) is 3. The molecule has 5 nitrogen and oxygen atoms in total. The van der Waals surface area contributed by atoms with Crippen molar-refractivity contribution in [2.45, 2.75) is 78.7 Å². The Hall–Kier alpha value is -3.02. The maximum Gasteiger partial charge on any atom is 0.224 e. The van der Waals surface area contributed by atoms with Crippen molar-refractivity contribution in [2.24, 2.45) is 5.92 Å². The van der Waals surface area contributed by atoms with Crippen LogP contribution in [0.1, 0.15) is 71.3 Å². The Morgan fingerprint density at radius 2 is 2.00 bits per heavy atom. The molecule has 2 aromatic heterocycles. The standard InChI is InChI=1S/C29H36FN3O2/c1-5-19(2)9-8-16-35-27-15-13-24(29(30)32-27)22-12-14-26-25(17-22)28(20(3)18-31-26)33(21(4)34)23-10-6-7-11-23/h12-15,17-19,23H,5-11,16H2,1-4H3. The van der Waals surface area contributed by atoms with E-state index in [2.05, 4.69) is 23.8 Å². The average molecular weight is 478 g/mol. The van der Waals surface area contributed by atoms with Crippen LogP contribution in [-0.2, 0) is 4.79 Å². The molecule has 0 saturated heterocycles. The Morgan fingerprint density at radius 1 is 1.23 bits per heavy atom. The highest BCUT2D eigenvalue weighted by Crippen LogP contribution is 2.37. The van der Waals surface area contributed by atoms with E-state index in [1.165, 1.54) is 0 Å². The van der Waals surface area contributed by atoms with Gasteiger partial charge >= 0.3 is 0 Å². The van der Waals surface area contributed by atoms with Gasteiger partial charge in [-0.2, -0.15) is 9.37 Å². The van der Waals surface area contributed by atoms with Crippen LogP contribution in [0.5, 0.6) is 5.88 Å². The smallest absolute Gasteiger partial charge is 0.224 e. The third kappa shape index (κ3) is 5.63. The van der Waals surface area contributed by atoms with E-state index in [9.17, 15) is 4.79 Å². The second kappa shape index (κ2) is 11.1. The van der Waals surface area contributed by atoms with Crippen molar-refractivity contribution in [3.05, 3.63) is 48.0 Å². The van der Waals surface area contributed by atoms with Gasteiger partial charge in [0.15, 0.2) is 0 Å². The first-order chi connectivity index (χ1) is 16.9. The molecule has 0 spiro atoms. The maximum atomic E-state index is 15.1. The summed E-state index contributed by atoms with van der Waals surface area (Å²) in [5, 5.41) is 0.856. The zero-order valence-corrected chi connectivity index (χ0v) is 21.3. The molecule has 0 radical (unpaired) electrons. The van der Waals surface area contributed by atoms with Gasteiger partial charge in [-0.05, 0) is 67.9 Å². The molecule has 4 rings (SSSR count). The number of benzene rings is 1. The monoisotopic (exact) mass is 477 g/mol. The number of pyridine rings is 2. The van der Waals surface area contributed by atoms with Crippen LogP contribution < -0.4 is 9.64 Å². The lowest BCUT2D eigenvalue weighted by Gasteiger charge is -2.30. The van der Waals surface area contributed by atoms with Crippen molar-refractivity contribution in [1.82, 2.24) is 9.97 Å². The van der Waals surface area contributed by atoms with Crippen molar-refractivity contribution in [3.8, 4) is 17.0 Å². The third-order valence-electron chi connectivity index (χ3n) is 7.21. The molecule has 1 aliphatic carbocycles. The molecular formula is C29H36FN3O2. The zero-order chi connectivity index (χ0) is 24.9. The van der Waals surface area contributed by atoms with Crippen LogP contribution in [0, 0.1) is 18.8 Å². The van der Waals surface area contributed by atoms with E-state index in [0.717, 1.165) is 67.1 Å². The van der Waals surface area contributed by atoms with Gasteiger partial charge in [0.05, 0.1) is 17.8 Å². The molecule has 1 unspecified atom stereocenters. The van der Waals surface area contributed by atoms with Crippen LogP contribution in [0.3, 0.4) is 0 Å². The largest absolute Gasteiger partial charge is 0.478 e. The van der Waals surface area contributed by atoms with Gasteiger partial charge < -0.3 is 9.64 Å². The van der Waals surface area contributed by atoms with Crippen molar-refractivity contribution in [3.63, 3.8) is 0 Å². The second-order valence-electron chi connectivity index (χ2n) is 9.84. The zero-order valence-electron chi connectivity index (χ0n) is 21.3. The lowest BCUT2D eigenvalue weighted by Crippen LogP contribution is -2.38. The van der Waals surface area contributed by atoms with E-state index in [1.54, 1.807) is 19.1 Å². The Morgan fingerprint density at radius 3 is 2.69 bits per heavy atom. The SMILES string of the molecule is CCC(C)CCCOc1ccc(-c2ccc3ncc(C)c(N(C(C)=O)C4CCCC4)c3c2)c(F)n1. The number of ether oxygens (including phenoxy) is 1. The number of hydrogen-bond donors (Lipinski definition) is 0. The van der Waals surface area contributed by atoms with E-state index < -0.39 is 5.95 Å². The van der Waals surface area contributed by atoms with E-state index in [0.29, 0.717) is 29.5 Å². The number of amides is 1. The number of carbonyl (C=O) groups excluding carboxylic acids is 1. The maximum absolute atomic E-state index is 15.1. The summed E-state index contributed by atoms with van der Waals surface area (Å²) in [6, 6.07) is 9.31. The first-order valence-corrected chi connectivity index (χ1v) is 12.9. The highest BCUT2D eigenvalue weighted by molar-refractivity contribution is 6.04. The molecular weight excluding hydrogens is 441 g/mol. The van der Waals surface area contributed by atoms with Crippen LogP contribution in [0.15, 0.2) is 36.5 Å². The summed E-state index contributed by atoms with van der Waals surface area (Å²) in [4.78, 5) is 23.3. The quantitative estimate of drug-likeness (QED) is 0.241. The predicted molar refractivity (Wildman–Crippen MR) is 139 cm³/mol. The molecule has 1 aromatic carbocycles. The number of aryl methyl sites for hydroxylation is 1. The van der Waals surface area contributed by atoms with Gasteiger partial charge in [-0.15, -0.1) is 0 Å². The summed E-state index contributed by atoms with van der Waals surface area (Å²) >= 11 is 0. The minimum Gasteiger partial charge on any atom is -0.478 e. The van der Waals surface area contributed by atoms with Crippen molar-refractivity contribution in [1.29, 1.82) is 0 Å². The lowest BCUT2D eigenvalue weighted by atomic mass is 10.0. The van der Waals surface area contributed by atoms with Crippen molar-refractivity contribution in [2.75, 3.05) is 11.5 Å². The van der Waals surface area contributed by atoms with Gasteiger partial charge in [0.2, 0.25) is 17.7 Å². The molecule has 1 saturated carbocycles. The Bertz CT molecular complexity index is 1190. The molecule has 1 amide bonds. The van der Waals surface area contributed by atoms with Gasteiger partial charge in [-0.3, -0.25) is 9.78 Å². The minimum atomic E-state index is -0.565. The Kier molecular flexibility index (Phi) is 7.99. The van der Waals surface area contributed by atoms with Crippen LogP contribution in [-0.4, -0.2) is 28.5 Å².